The molecule has 2 aromatic rings. The first kappa shape index (κ1) is 13.8. The van der Waals surface area contributed by atoms with Gasteiger partial charge in [-0.2, -0.15) is 0 Å². The molecule has 4 rings (SSSR count). The lowest BCUT2D eigenvalue weighted by Gasteiger charge is -2.27. The van der Waals surface area contributed by atoms with E-state index >= 15 is 0 Å². The van der Waals surface area contributed by atoms with E-state index in [4.69, 9.17) is 0 Å². The van der Waals surface area contributed by atoms with E-state index in [0.29, 0.717) is 12.0 Å². The zero-order chi connectivity index (χ0) is 15.1. The number of benzene rings is 1. The van der Waals surface area contributed by atoms with Crippen molar-refractivity contribution in [3.05, 3.63) is 59.4 Å². The first-order valence-electron chi connectivity index (χ1n) is 8.17. The number of hydrogen-bond donors (Lipinski definition) is 0. The fourth-order valence-electron chi connectivity index (χ4n) is 4.10. The van der Waals surface area contributed by atoms with Crippen molar-refractivity contribution in [1.29, 1.82) is 0 Å². The second kappa shape index (κ2) is 5.40. The Morgan fingerprint density at radius 1 is 1.14 bits per heavy atom. The van der Waals surface area contributed by atoms with Crippen LogP contribution in [0.15, 0.2) is 42.7 Å². The fraction of sp³-hybridized carbons (Fsp3) is 0.421. The number of hydrogen-bond acceptors (Lipinski definition) is 3. The van der Waals surface area contributed by atoms with Gasteiger partial charge in [0.15, 0.2) is 0 Å². The quantitative estimate of drug-likeness (QED) is 0.867. The summed E-state index contributed by atoms with van der Waals surface area (Å²) in [5, 5.41) is 0. The Bertz CT molecular complexity index is 668. The summed E-state index contributed by atoms with van der Waals surface area (Å²) in [6.07, 6.45) is 4.87. The highest BCUT2D eigenvalue weighted by Gasteiger charge is 2.43. The van der Waals surface area contributed by atoms with Crippen LogP contribution in [0.4, 0.5) is 5.69 Å². The van der Waals surface area contributed by atoms with E-state index in [9.17, 15) is 0 Å². The smallest absolute Gasteiger partial charge is 0.0498 e. The first-order valence-corrected chi connectivity index (χ1v) is 8.17. The van der Waals surface area contributed by atoms with Gasteiger partial charge in [-0.3, -0.25) is 4.98 Å². The third kappa shape index (κ3) is 2.30. The molecule has 1 saturated heterocycles. The molecule has 2 aliphatic heterocycles. The minimum atomic E-state index is 0.642. The molecule has 0 aliphatic carbocycles. The molecule has 0 radical (unpaired) electrons. The summed E-state index contributed by atoms with van der Waals surface area (Å²) in [7, 11) is 2.24. The third-order valence-corrected chi connectivity index (χ3v) is 5.15. The maximum Gasteiger partial charge on any atom is 0.0498 e. The van der Waals surface area contributed by atoms with E-state index in [1.54, 1.807) is 5.56 Å². The van der Waals surface area contributed by atoms with Gasteiger partial charge >= 0.3 is 0 Å². The predicted molar refractivity (Wildman–Crippen MR) is 90.5 cm³/mol. The Hall–Kier alpha value is -1.87. The number of likely N-dealkylation sites (N-methyl/N-ethyl adjacent to an activating group) is 1. The van der Waals surface area contributed by atoms with Crippen LogP contribution in [-0.4, -0.2) is 42.6 Å². The van der Waals surface area contributed by atoms with Crippen LogP contribution in [0.25, 0.3) is 0 Å². The summed E-state index contributed by atoms with van der Waals surface area (Å²) in [5.74, 6) is 0.678. The highest BCUT2D eigenvalue weighted by atomic mass is 15.3. The normalized spacial score (nSPS) is 23.6. The SMILES string of the molecule is Cc1ccc2c(c1)[C@@H]1CN(C)C[C@@H]1N2CCc1ccncc1. The van der Waals surface area contributed by atoms with Gasteiger partial charge in [0.2, 0.25) is 0 Å². The lowest BCUT2D eigenvalue weighted by molar-refractivity contribution is 0.403. The molecular weight excluding hydrogens is 270 g/mol. The Labute approximate surface area is 132 Å². The van der Waals surface area contributed by atoms with Gasteiger partial charge in [-0.1, -0.05) is 17.7 Å². The van der Waals surface area contributed by atoms with Gasteiger partial charge in [0, 0.05) is 49.7 Å². The molecule has 1 aromatic carbocycles. The van der Waals surface area contributed by atoms with Crippen LogP contribution in [0.2, 0.25) is 0 Å². The van der Waals surface area contributed by atoms with Crippen molar-refractivity contribution in [1.82, 2.24) is 9.88 Å². The molecule has 1 aromatic heterocycles. The standard InChI is InChI=1S/C19H23N3/c1-14-3-4-18-16(11-14)17-12-21(2)13-19(17)22(18)10-7-15-5-8-20-9-6-15/h3-6,8-9,11,17,19H,7,10,12-13H2,1-2H3/t17-,19-/m0/s1. The number of fused-ring (bicyclic) bond motifs is 3. The number of anilines is 1. The summed E-state index contributed by atoms with van der Waals surface area (Å²) < 4.78 is 0. The van der Waals surface area contributed by atoms with E-state index in [2.05, 4.69) is 59.1 Å². The maximum atomic E-state index is 4.11. The Morgan fingerprint density at radius 3 is 2.77 bits per heavy atom. The topological polar surface area (TPSA) is 19.4 Å². The molecule has 1 fully saturated rings. The van der Waals surface area contributed by atoms with Crippen LogP contribution in [0.5, 0.6) is 0 Å². The number of nitrogens with zero attached hydrogens (tertiary/aromatic N) is 3. The molecule has 0 saturated carbocycles. The number of rotatable bonds is 3. The van der Waals surface area contributed by atoms with Gasteiger partial charge in [-0.05, 0) is 49.7 Å². The van der Waals surface area contributed by atoms with Crippen LogP contribution < -0.4 is 4.90 Å². The largest absolute Gasteiger partial charge is 0.366 e. The van der Waals surface area contributed by atoms with Crippen molar-refractivity contribution in [3.8, 4) is 0 Å². The van der Waals surface area contributed by atoms with E-state index in [0.717, 1.165) is 13.0 Å². The Balaban J connectivity index is 1.61. The highest BCUT2D eigenvalue weighted by Crippen LogP contribution is 2.44. The van der Waals surface area contributed by atoms with Crippen LogP contribution in [0.1, 0.15) is 22.6 Å². The first-order chi connectivity index (χ1) is 10.7. The minimum absolute atomic E-state index is 0.642. The van der Waals surface area contributed by atoms with Gasteiger partial charge in [0.05, 0.1) is 0 Å². The van der Waals surface area contributed by atoms with Crippen LogP contribution in [-0.2, 0) is 6.42 Å². The molecule has 0 spiro atoms. The van der Waals surface area contributed by atoms with Gasteiger partial charge < -0.3 is 9.80 Å². The molecule has 114 valence electrons. The van der Waals surface area contributed by atoms with Crippen LogP contribution in [0.3, 0.4) is 0 Å². The zero-order valence-electron chi connectivity index (χ0n) is 13.4. The molecule has 0 bridgehead atoms. The molecule has 0 amide bonds. The highest BCUT2D eigenvalue weighted by molar-refractivity contribution is 5.64. The zero-order valence-corrected chi connectivity index (χ0v) is 13.4. The summed E-state index contributed by atoms with van der Waals surface area (Å²) in [4.78, 5) is 9.23. The fourth-order valence-corrected chi connectivity index (χ4v) is 4.10. The maximum absolute atomic E-state index is 4.11. The van der Waals surface area contributed by atoms with E-state index in [1.165, 1.54) is 29.9 Å². The summed E-state index contributed by atoms with van der Waals surface area (Å²) >= 11 is 0. The number of pyridine rings is 1. The molecule has 3 nitrogen and oxygen atoms in total. The molecular formula is C19H23N3. The monoisotopic (exact) mass is 293 g/mol. The Kier molecular flexibility index (Phi) is 3.38. The van der Waals surface area contributed by atoms with Gasteiger partial charge in [-0.15, -0.1) is 0 Å². The van der Waals surface area contributed by atoms with Crippen molar-refractivity contribution in [2.24, 2.45) is 0 Å². The van der Waals surface area contributed by atoms with Crippen molar-refractivity contribution >= 4 is 5.69 Å². The molecule has 22 heavy (non-hydrogen) atoms. The summed E-state index contributed by atoms with van der Waals surface area (Å²) in [6.45, 7) is 5.66. The molecule has 0 N–H and O–H groups in total. The predicted octanol–water partition coefficient (Wildman–Crippen LogP) is 2.85. The van der Waals surface area contributed by atoms with Crippen molar-refractivity contribution in [2.75, 3.05) is 31.6 Å². The lowest BCUT2D eigenvalue weighted by Crippen LogP contribution is -2.37. The number of aromatic nitrogens is 1. The van der Waals surface area contributed by atoms with E-state index in [-0.39, 0.29) is 0 Å². The second-order valence-electron chi connectivity index (χ2n) is 6.76. The summed E-state index contributed by atoms with van der Waals surface area (Å²) in [6, 6.07) is 11.9. The Morgan fingerprint density at radius 2 is 1.95 bits per heavy atom. The van der Waals surface area contributed by atoms with E-state index in [1.807, 2.05) is 12.4 Å². The molecule has 3 heterocycles. The van der Waals surface area contributed by atoms with Crippen molar-refractivity contribution < 1.29 is 0 Å². The number of likely N-dealkylation sites (tertiary alicyclic amines) is 1. The average Bonchev–Trinajstić information content (AvgIpc) is 3.02. The van der Waals surface area contributed by atoms with Gasteiger partial charge in [0.25, 0.3) is 0 Å². The van der Waals surface area contributed by atoms with Crippen molar-refractivity contribution in [3.63, 3.8) is 0 Å². The van der Waals surface area contributed by atoms with Crippen LogP contribution >= 0.6 is 0 Å². The average molecular weight is 293 g/mol. The van der Waals surface area contributed by atoms with Crippen molar-refractivity contribution in [2.45, 2.75) is 25.3 Å². The number of aryl methyl sites for hydroxylation is 1. The minimum Gasteiger partial charge on any atom is -0.366 e. The van der Waals surface area contributed by atoms with Gasteiger partial charge in [-0.25, -0.2) is 0 Å². The second-order valence-corrected chi connectivity index (χ2v) is 6.76. The summed E-state index contributed by atoms with van der Waals surface area (Å²) in [5.41, 5.74) is 5.77. The molecule has 2 atom stereocenters. The molecule has 0 unspecified atom stereocenters. The molecule has 3 heteroatoms. The van der Waals surface area contributed by atoms with E-state index < -0.39 is 0 Å². The van der Waals surface area contributed by atoms with Crippen LogP contribution in [0, 0.1) is 6.92 Å². The lowest BCUT2D eigenvalue weighted by atomic mass is 9.97. The molecule has 2 aliphatic rings. The third-order valence-electron chi connectivity index (χ3n) is 5.15. The van der Waals surface area contributed by atoms with Gasteiger partial charge in [0.1, 0.15) is 0 Å².